The Bertz CT molecular complexity index is 179. The highest BCUT2D eigenvalue weighted by atomic mass is 35.5. The van der Waals surface area contributed by atoms with Crippen molar-refractivity contribution in [3.8, 4) is 0 Å². The first-order valence-corrected chi connectivity index (χ1v) is 6.67. The second-order valence-electron chi connectivity index (χ2n) is 3.10. The number of hydrogen-bond donors (Lipinski definition) is 0. The zero-order chi connectivity index (χ0) is 13.0. The lowest BCUT2D eigenvalue weighted by Crippen LogP contribution is -1.89. The molecule has 0 bridgehead atoms. The number of alkyl halides is 2. The Kier molecular flexibility index (Phi) is 16.0. The number of hydrogen-bond acceptors (Lipinski definition) is 2. The predicted molar refractivity (Wildman–Crippen MR) is 70.6 cm³/mol. The van der Waals surface area contributed by atoms with Crippen LogP contribution >= 0.6 is 46.4 Å². The zero-order valence-electron chi connectivity index (χ0n) is 9.15. The molecule has 0 aliphatic carbocycles. The summed E-state index contributed by atoms with van der Waals surface area (Å²) in [5, 5.41) is -0.718. The van der Waals surface area contributed by atoms with Gasteiger partial charge in [0.1, 0.15) is 4.84 Å². The van der Waals surface area contributed by atoms with Crippen LogP contribution in [0.2, 0.25) is 0 Å². The van der Waals surface area contributed by atoms with E-state index in [1.54, 1.807) is 0 Å². The highest BCUT2D eigenvalue weighted by Gasteiger charge is 1.98. The van der Waals surface area contributed by atoms with E-state index in [9.17, 15) is 9.59 Å². The van der Waals surface area contributed by atoms with Crippen molar-refractivity contribution in [3.05, 3.63) is 0 Å². The summed E-state index contributed by atoms with van der Waals surface area (Å²) in [6.07, 6.45) is 3.90. The van der Waals surface area contributed by atoms with E-state index in [1.807, 2.05) is 0 Å². The Balaban J connectivity index is 0. The maximum atomic E-state index is 10.1. The van der Waals surface area contributed by atoms with Crippen molar-refractivity contribution in [3.63, 3.8) is 0 Å². The van der Waals surface area contributed by atoms with E-state index in [0.717, 1.165) is 12.8 Å². The molecule has 96 valence electrons. The summed E-state index contributed by atoms with van der Waals surface area (Å²) in [6, 6.07) is 0. The van der Waals surface area contributed by atoms with Crippen LogP contribution in [0.3, 0.4) is 0 Å². The second-order valence-corrected chi connectivity index (χ2v) is 5.22. The predicted octanol–water partition coefficient (Wildman–Crippen LogP) is 4.67. The van der Waals surface area contributed by atoms with Crippen LogP contribution in [-0.2, 0) is 9.59 Å². The number of rotatable bonds is 7. The summed E-state index contributed by atoms with van der Waals surface area (Å²) >= 11 is 20.8. The molecule has 0 aliphatic heterocycles. The minimum absolute atomic E-state index is 0.157. The van der Waals surface area contributed by atoms with E-state index in [1.165, 1.54) is 0 Å². The maximum Gasteiger partial charge on any atom is 0.221 e. The Morgan fingerprint density at radius 1 is 1.00 bits per heavy atom. The monoisotopic (exact) mass is 308 g/mol. The van der Waals surface area contributed by atoms with E-state index < -0.39 is 0 Å². The van der Waals surface area contributed by atoms with Crippen LogP contribution < -0.4 is 0 Å². The average molecular weight is 310 g/mol. The number of carbonyl (C=O) groups is 2. The number of halogens is 4. The molecule has 0 saturated heterocycles. The molecule has 0 amide bonds. The molecular formula is C10H16Cl4O2. The highest BCUT2D eigenvalue weighted by molar-refractivity contribution is 6.63. The molecule has 0 unspecified atom stereocenters. The highest BCUT2D eigenvalue weighted by Crippen LogP contribution is 2.07. The maximum absolute atomic E-state index is 10.1. The number of unbranched alkanes of at least 4 members (excludes halogenated alkanes) is 1. The molecule has 0 aliphatic rings. The van der Waals surface area contributed by atoms with Gasteiger partial charge in [-0.2, -0.15) is 0 Å². The molecule has 0 radical (unpaired) electrons. The van der Waals surface area contributed by atoms with Crippen molar-refractivity contribution in [1.29, 1.82) is 0 Å². The lowest BCUT2D eigenvalue weighted by Gasteiger charge is -1.91. The van der Waals surface area contributed by atoms with Gasteiger partial charge in [0.25, 0.3) is 0 Å². The van der Waals surface area contributed by atoms with Crippen molar-refractivity contribution < 1.29 is 9.59 Å². The largest absolute Gasteiger partial charge is 0.281 e. The van der Waals surface area contributed by atoms with Crippen LogP contribution in [0, 0.1) is 0 Å². The van der Waals surface area contributed by atoms with Gasteiger partial charge in [-0.25, -0.2) is 0 Å². The third-order valence-corrected chi connectivity index (χ3v) is 2.32. The first kappa shape index (κ1) is 18.9. The Morgan fingerprint density at radius 2 is 1.38 bits per heavy atom. The van der Waals surface area contributed by atoms with Crippen LogP contribution in [0.25, 0.3) is 0 Å². The fourth-order valence-electron chi connectivity index (χ4n) is 0.746. The molecule has 0 aromatic carbocycles. The summed E-state index contributed by atoms with van der Waals surface area (Å²) in [5.74, 6) is 0. The SMILES string of the molecule is CCCC(Cl)Cl.O=C(Cl)CCCCC(=O)Cl. The van der Waals surface area contributed by atoms with Gasteiger partial charge in [-0.15, -0.1) is 23.2 Å². The molecule has 0 heterocycles. The Labute approximate surface area is 117 Å². The molecule has 0 rings (SSSR count). The van der Waals surface area contributed by atoms with Crippen LogP contribution in [0.5, 0.6) is 0 Å². The zero-order valence-corrected chi connectivity index (χ0v) is 12.2. The van der Waals surface area contributed by atoms with Gasteiger partial charge < -0.3 is 0 Å². The quantitative estimate of drug-likeness (QED) is 0.389. The van der Waals surface area contributed by atoms with E-state index in [-0.39, 0.29) is 15.3 Å². The van der Waals surface area contributed by atoms with Crippen molar-refractivity contribution in [2.75, 3.05) is 0 Å². The molecule has 0 atom stereocenters. The third kappa shape index (κ3) is 24.0. The van der Waals surface area contributed by atoms with Gasteiger partial charge in [-0.1, -0.05) is 13.3 Å². The molecular weight excluding hydrogens is 294 g/mol. The lowest BCUT2D eigenvalue weighted by atomic mass is 10.2. The Hall–Kier alpha value is 0.500. The normalized spacial score (nSPS) is 9.62. The minimum Gasteiger partial charge on any atom is -0.281 e. The Morgan fingerprint density at radius 3 is 1.50 bits per heavy atom. The molecule has 0 aromatic heterocycles. The van der Waals surface area contributed by atoms with Crippen LogP contribution in [-0.4, -0.2) is 15.3 Å². The minimum atomic E-state index is -0.359. The van der Waals surface area contributed by atoms with Crippen molar-refractivity contribution in [2.45, 2.75) is 50.3 Å². The summed E-state index contributed by atoms with van der Waals surface area (Å²) in [5.41, 5.74) is 0. The van der Waals surface area contributed by atoms with Gasteiger partial charge >= 0.3 is 0 Å². The van der Waals surface area contributed by atoms with Crippen LogP contribution in [0.4, 0.5) is 0 Å². The van der Waals surface area contributed by atoms with Crippen molar-refractivity contribution in [1.82, 2.24) is 0 Å². The average Bonchev–Trinajstić information content (AvgIpc) is 2.12. The van der Waals surface area contributed by atoms with Gasteiger partial charge in [-0.3, -0.25) is 9.59 Å². The molecule has 6 heteroatoms. The molecule has 0 spiro atoms. The topological polar surface area (TPSA) is 34.1 Å². The van der Waals surface area contributed by atoms with Gasteiger partial charge in [0.05, 0.1) is 0 Å². The van der Waals surface area contributed by atoms with Gasteiger partial charge in [0.2, 0.25) is 10.5 Å². The molecule has 16 heavy (non-hydrogen) atoms. The van der Waals surface area contributed by atoms with E-state index >= 15 is 0 Å². The summed E-state index contributed by atoms with van der Waals surface area (Å²) in [4.78, 5) is 20.1. The van der Waals surface area contributed by atoms with Crippen LogP contribution in [0.15, 0.2) is 0 Å². The molecule has 2 nitrogen and oxygen atoms in total. The van der Waals surface area contributed by atoms with Gasteiger partial charge in [0.15, 0.2) is 0 Å². The standard InChI is InChI=1S/C6H8Cl2O2.C4H8Cl2/c7-5(9)3-1-2-4-6(8)10;1-2-3-4(5)6/h1-4H2;4H,2-3H2,1H3. The van der Waals surface area contributed by atoms with E-state index in [0.29, 0.717) is 25.7 Å². The summed E-state index contributed by atoms with van der Waals surface area (Å²) < 4.78 is 0. The van der Waals surface area contributed by atoms with Gasteiger partial charge in [-0.05, 0) is 42.5 Å². The number of carbonyl (C=O) groups excluding carboxylic acids is 2. The fourth-order valence-corrected chi connectivity index (χ4v) is 1.45. The van der Waals surface area contributed by atoms with Gasteiger partial charge in [0, 0.05) is 12.8 Å². The second kappa shape index (κ2) is 13.6. The molecule has 0 aromatic rings. The smallest absolute Gasteiger partial charge is 0.221 e. The van der Waals surface area contributed by atoms with Crippen LogP contribution in [0.1, 0.15) is 45.4 Å². The molecule has 0 saturated carbocycles. The molecule has 0 N–H and O–H groups in total. The first-order valence-electron chi connectivity index (χ1n) is 5.05. The van der Waals surface area contributed by atoms with E-state index in [4.69, 9.17) is 46.4 Å². The summed E-state index contributed by atoms with van der Waals surface area (Å²) in [7, 11) is 0. The first-order chi connectivity index (χ1) is 7.40. The van der Waals surface area contributed by atoms with Crippen molar-refractivity contribution >= 4 is 56.9 Å². The lowest BCUT2D eigenvalue weighted by molar-refractivity contribution is -0.113. The summed E-state index contributed by atoms with van der Waals surface area (Å²) in [6.45, 7) is 2.05. The van der Waals surface area contributed by atoms with E-state index in [2.05, 4.69) is 6.92 Å². The van der Waals surface area contributed by atoms with Crippen molar-refractivity contribution in [2.24, 2.45) is 0 Å². The third-order valence-electron chi connectivity index (χ3n) is 1.50. The fraction of sp³-hybridized carbons (Fsp3) is 0.800. The molecule has 0 fully saturated rings.